The average Bonchev–Trinajstić information content (AvgIpc) is 2.15. The summed E-state index contributed by atoms with van der Waals surface area (Å²) in [5.41, 5.74) is 0. The standard InChI is InChI=1S/C4H6O6.C2H2O4.K.Na.2H/c5-1(3(7)8)2(6)4(9)10;3-1(4)2(5)6;;;;/h1-2,5-6H,(H,7,8)(H,9,10);(H,3,4)(H,5,6);;;;/q;;2*+1;2*-1. The van der Waals surface area contributed by atoms with Gasteiger partial charge in [-0.3, -0.25) is 0 Å². The van der Waals surface area contributed by atoms with Crippen LogP contribution in [0.4, 0.5) is 0 Å². The predicted octanol–water partition coefficient (Wildman–Crippen LogP) is -8.73. The molecule has 0 aliphatic rings. The zero-order valence-electron chi connectivity index (χ0n) is 11.5. The molecule has 0 spiro atoms. The number of hydrogen-bond acceptors (Lipinski definition) is 6. The third kappa shape index (κ3) is 14.5. The van der Waals surface area contributed by atoms with Crippen LogP contribution in [0.5, 0.6) is 0 Å². The van der Waals surface area contributed by atoms with Gasteiger partial charge in [0.1, 0.15) is 0 Å². The van der Waals surface area contributed by atoms with Crippen molar-refractivity contribution in [3.05, 3.63) is 0 Å². The average molecular weight is 304 g/mol. The van der Waals surface area contributed by atoms with E-state index in [0.29, 0.717) is 0 Å². The summed E-state index contributed by atoms with van der Waals surface area (Å²) in [5.74, 6) is -7.19. The van der Waals surface area contributed by atoms with Gasteiger partial charge in [0.2, 0.25) is 0 Å². The van der Waals surface area contributed by atoms with Crippen LogP contribution in [0.3, 0.4) is 0 Å². The number of aliphatic carboxylic acids is 4. The molecule has 0 radical (unpaired) electrons. The van der Waals surface area contributed by atoms with E-state index in [4.69, 9.17) is 40.2 Å². The van der Waals surface area contributed by atoms with Crippen molar-refractivity contribution < 1.29 is 134 Å². The smallest absolute Gasteiger partial charge is 1.00 e. The number of aliphatic hydroxyl groups excluding tert-OH is 2. The van der Waals surface area contributed by atoms with Gasteiger partial charge >= 0.3 is 105 Å². The fourth-order valence-corrected chi connectivity index (χ4v) is 0.270. The SMILES string of the molecule is O=C(O)C(=O)O.O=C(O)C(O)C(O)C(=O)O.[H-].[H-].[K+].[Na+]. The van der Waals surface area contributed by atoms with Crippen LogP contribution in [0.25, 0.3) is 0 Å². The van der Waals surface area contributed by atoms with Gasteiger partial charge in [0.25, 0.3) is 0 Å². The Morgan fingerprint density at radius 2 is 0.889 bits per heavy atom. The van der Waals surface area contributed by atoms with Crippen molar-refractivity contribution in [2.45, 2.75) is 12.2 Å². The van der Waals surface area contributed by atoms with E-state index in [-0.39, 0.29) is 83.8 Å². The van der Waals surface area contributed by atoms with E-state index >= 15 is 0 Å². The molecule has 0 aliphatic carbocycles. The van der Waals surface area contributed by atoms with Crippen molar-refractivity contribution in [1.29, 1.82) is 0 Å². The summed E-state index contributed by atoms with van der Waals surface area (Å²) in [5, 5.41) is 47.3. The summed E-state index contributed by atoms with van der Waals surface area (Å²) in [6.45, 7) is 0. The molecule has 10 nitrogen and oxygen atoms in total. The van der Waals surface area contributed by atoms with Gasteiger partial charge in [0.15, 0.2) is 12.2 Å². The second-order valence-electron chi connectivity index (χ2n) is 2.18. The van der Waals surface area contributed by atoms with E-state index in [0.717, 1.165) is 0 Å². The molecule has 18 heavy (non-hydrogen) atoms. The van der Waals surface area contributed by atoms with Crippen molar-refractivity contribution in [2.75, 3.05) is 0 Å². The fourth-order valence-electron chi connectivity index (χ4n) is 0.270. The molecule has 0 saturated heterocycles. The molecule has 0 rings (SSSR count). The summed E-state index contributed by atoms with van der Waals surface area (Å²) in [7, 11) is 0. The van der Waals surface area contributed by atoms with E-state index in [2.05, 4.69) is 0 Å². The third-order valence-electron chi connectivity index (χ3n) is 0.988. The molecule has 0 heterocycles. The van der Waals surface area contributed by atoms with Crippen LogP contribution in [0.1, 0.15) is 2.85 Å². The first-order chi connectivity index (χ1) is 7.11. The van der Waals surface area contributed by atoms with Crippen molar-refractivity contribution in [3.63, 3.8) is 0 Å². The molecule has 96 valence electrons. The molecular weight excluding hydrogens is 294 g/mol. The van der Waals surface area contributed by atoms with Crippen LogP contribution >= 0.6 is 0 Å². The molecule has 0 amide bonds. The number of rotatable bonds is 3. The molecule has 0 fully saturated rings. The molecular formula is C6H10KNaO10. The van der Waals surface area contributed by atoms with Crippen LogP contribution in [0.2, 0.25) is 0 Å². The molecule has 6 N–H and O–H groups in total. The second-order valence-corrected chi connectivity index (χ2v) is 2.18. The molecule has 2 atom stereocenters. The fraction of sp³-hybridized carbons (Fsp3) is 0.333. The molecule has 0 aromatic carbocycles. The number of carbonyl (C=O) groups is 4. The van der Waals surface area contributed by atoms with Crippen LogP contribution in [-0.2, 0) is 19.2 Å². The van der Waals surface area contributed by atoms with Crippen LogP contribution < -0.4 is 80.9 Å². The Morgan fingerprint density at radius 1 is 0.722 bits per heavy atom. The van der Waals surface area contributed by atoms with E-state index < -0.39 is 36.1 Å². The Labute approximate surface area is 167 Å². The Bertz CT molecular complexity index is 284. The number of hydrogen-bond donors (Lipinski definition) is 6. The van der Waals surface area contributed by atoms with Crippen molar-refractivity contribution in [3.8, 4) is 0 Å². The van der Waals surface area contributed by atoms with E-state index in [1.54, 1.807) is 0 Å². The van der Waals surface area contributed by atoms with Gasteiger partial charge in [-0.15, -0.1) is 0 Å². The second kappa shape index (κ2) is 13.9. The first-order valence-electron chi connectivity index (χ1n) is 3.39. The van der Waals surface area contributed by atoms with E-state index in [9.17, 15) is 9.59 Å². The Morgan fingerprint density at radius 3 is 0.944 bits per heavy atom. The third-order valence-corrected chi connectivity index (χ3v) is 0.988. The molecule has 2 unspecified atom stereocenters. The number of carboxylic acids is 4. The zero-order valence-corrected chi connectivity index (χ0v) is 14.6. The number of aliphatic hydroxyl groups is 2. The minimum absolute atomic E-state index is 0. The first kappa shape index (κ1) is 26.9. The van der Waals surface area contributed by atoms with E-state index in [1.807, 2.05) is 0 Å². The van der Waals surface area contributed by atoms with Gasteiger partial charge in [0, 0.05) is 0 Å². The molecule has 0 aromatic rings. The van der Waals surface area contributed by atoms with Gasteiger partial charge in [-0.2, -0.15) is 0 Å². The molecule has 0 bridgehead atoms. The maximum Gasteiger partial charge on any atom is 1.00 e. The summed E-state index contributed by atoms with van der Waals surface area (Å²) >= 11 is 0. The topological polar surface area (TPSA) is 190 Å². The normalized spacial score (nSPS) is 11.2. The largest absolute Gasteiger partial charge is 1.00 e. The van der Waals surface area contributed by atoms with Crippen LogP contribution in [-0.4, -0.2) is 66.7 Å². The maximum absolute atomic E-state index is 9.77. The van der Waals surface area contributed by atoms with Crippen LogP contribution in [0, 0.1) is 0 Å². The van der Waals surface area contributed by atoms with Gasteiger partial charge < -0.3 is 33.5 Å². The molecule has 0 aromatic heterocycles. The minimum Gasteiger partial charge on any atom is -1.00 e. The number of carboxylic acid groups (broad SMARTS) is 4. The van der Waals surface area contributed by atoms with Crippen LogP contribution in [0.15, 0.2) is 0 Å². The maximum atomic E-state index is 9.77. The Balaban J connectivity index is -0.0000000440. The first-order valence-corrected chi connectivity index (χ1v) is 3.39. The quantitative estimate of drug-likeness (QED) is 0.215. The summed E-state index contributed by atoms with van der Waals surface area (Å²) < 4.78 is 0. The van der Waals surface area contributed by atoms with Gasteiger partial charge in [-0.1, -0.05) is 0 Å². The summed E-state index contributed by atoms with van der Waals surface area (Å²) in [4.78, 5) is 37.7. The molecule has 12 heteroatoms. The molecule has 0 saturated carbocycles. The monoisotopic (exact) mass is 304 g/mol. The van der Waals surface area contributed by atoms with Gasteiger partial charge in [-0.05, 0) is 0 Å². The summed E-state index contributed by atoms with van der Waals surface area (Å²) in [6, 6.07) is 0. The van der Waals surface area contributed by atoms with Gasteiger partial charge in [0.05, 0.1) is 0 Å². The Kier molecular flexibility index (Phi) is 20.7. The zero-order chi connectivity index (χ0) is 13.5. The van der Waals surface area contributed by atoms with Crippen molar-refractivity contribution in [2.24, 2.45) is 0 Å². The van der Waals surface area contributed by atoms with Gasteiger partial charge in [-0.25, -0.2) is 19.2 Å². The Hall–Kier alpha value is 0.436. The van der Waals surface area contributed by atoms with E-state index in [1.165, 1.54) is 0 Å². The van der Waals surface area contributed by atoms with Crippen molar-refractivity contribution in [1.82, 2.24) is 0 Å². The predicted molar refractivity (Wildman–Crippen MR) is 44.8 cm³/mol. The minimum atomic E-state index is -2.27. The summed E-state index contributed by atoms with van der Waals surface area (Å²) in [6.07, 6.45) is -4.53. The van der Waals surface area contributed by atoms with Crippen molar-refractivity contribution >= 4 is 23.9 Å². The molecule has 0 aliphatic heterocycles.